The van der Waals surface area contributed by atoms with Gasteiger partial charge >= 0.3 is 0 Å². The maximum atomic E-state index is 6.09. The third-order valence-electron chi connectivity index (χ3n) is 2.31. The van der Waals surface area contributed by atoms with Crippen LogP contribution in [-0.2, 0) is 0 Å². The van der Waals surface area contributed by atoms with Crippen molar-refractivity contribution in [3.05, 3.63) is 27.9 Å². The van der Waals surface area contributed by atoms with Crippen LogP contribution in [-0.4, -0.2) is 11.6 Å². The maximum Gasteiger partial charge on any atom is 0.130 e. The first-order valence-electron chi connectivity index (χ1n) is 5.73. The topological polar surface area (TPSA) is 25.0 Å². The minimum Gasteiger partial charge on any atom is -0.493 e. The van der Waals surface area contributed by atoms with Crippen molar-refractivity contribution in [2.75, 3.05) is 6.61 Å². The van der Waals surface area contributed by atoms with Crippen LogP contribution in [0.5, 0.6) is 5.75 Å². The molecule has 1 heterocycles. The number of nitrogens with one attached hydrogen (secondary N) is 1. The average Bonchev–Trinajstić information content (AvgIpc) is 2.71. The number of halogens is 2. The van der Waals surface area contributed by atoms with Crippen LogP contribution in [0, 0.1) is 6.92 Å². The van der Waals surface area contributed by atoms with E-state index in [0.29, 0.717) is 16.7 Å². The highest BCUT2D eigenvalue weighted by molar-refractivity contribution is 6.45. The normalized spacial score (nSPS) is 10.0. The number of rotatable bonds is 2. The van der Waals surface area contributed by atoms with Crippen LogP contribution in [0.3, 0.4) is 0 Å². The Hall–Kier alpha value is -0.860. The molecule has 2 nitrogen and oxygen atoms in total. The summed E-state index contributed by atoms with van der Waals surface area (Å²) in [5.74, 6) is 0.778. The zero-order valence-corrected chi connectivity index (χ0v) is 12.0. The van der Waals surface area contributed by atoms with Gasteiger partial charge in [0.1, 0.15) is 5.75 Å². The van der Waals surface area contributed by atoms with Gasteiger partial charge in [-0.25, -0.2) is 0 Å². The Bertz CT molecular complexity index is 506. The van der Waals surface area contributed by atoms with Crippen LogP contribution < -0.4 is 4.74 Å². The highest BCUT2D eigenvalue weighted by Crippen LogP contribution is 2.38. The number of H-pyrrole nitrogens is 1. The summed E-state index contributed by atoms with van der Waals surface area (Å²) in [6.45, 7) is 8.56. The van der Waals surface area contributed by atoms with Gasteiger partial charge < -0.3 is 9.72 Å². The molecule has 1 aromatic carbocycles. The lowest BCUT2D eigenvalue weighted by Crippen LogP contribution is -1.92. The lowest BCUT2D eigenvalue weighted by molar-refractivity contribution is 0.344. The van der Waals surface area contributed by atoms with Crippen molar-refractivity contribution in [3.63, 3.8) is 0 Å². The molecule has 1 aromatic heterocycles. The van der Waals surface area contributed by atoms with Crippen molar-refractivity contribution in [3.8, 4) is 5.75 Å². The number of hydrogen-bond acceptors (Lipinski definition) is 1. The molecule has 0 aliphatic heterocycles. The molecule has 4 heteroatoms. The molecular formula is C13H17Cl2NO. The van der Waals surface area contributed by atoms with E-state index in [1.807, 2.05) is 33.9 Å². The predicted molar refractivity (Wildman–Crippen MR) is 75.6 cm³/mol. The Balaban J connectivity index is 0.000000686. The smallest absolute Gasteiger partial charge is 0.130 e. The van der Waals surface area contributed by atoms with Gasteiger partial charge in [-0.15, -0.1) is 0 Å². The number of hydrogen-bond donors (Lipinski definition) is 1. The average molecular weight is 274 g/mol. The fourth-order valence-corrected chi connectivity index (χ4v) is 2.05. The summed E-state index contributed by atoms with van der Waals surface area (Å²) in [5.41, 5.74) is 1.94. The van der Waals surface area contributed by atoms with E-state index in [2.05, 4.69) is 4.98 Å². The largest absolute Gasteiger partial charge is 0.493 e. The predicted octanol–water partition coefficient (Wildman–Crippen LogP) is 5.21. The fraction of sp³-hybridized carbons (Fsp3) is 0.385. The lowest BCUT2D eigenvalue weighted by Gasteiger charge is -2.08. The molecule has 0 saturated carbocycles. The molecule has 0 aliphatic rings. The van der Waals surface area contributed by atoms with E-state index >= 15 is 0 Å². The summed E-state index contributed by atoms with van der Waals surface area (Å²) in [6, 6.07) is 1.76. The number of ether oxygens (including phenoxy) is 1. The molecule has 2 rings (SSSR count). The number of aromatic nitrogens is 1. The van der Waals surface area contributed by atoms with Crippen molar-refractivity contribution >= 4 is 34.1 Å². The van der Waals surface area contributed by atoms with Crippen LogP contribution in [0.15, 0.2) is 12.3 Å². The second-order valence-corrected chi connectivity index (χ2v) is 4.11. The molecule has 0 atom stereocenters. The van der Waals surface area contributed by atoms with Gasteiger partial charge in [0.15, 0.2) is 0 Å². The molecule has 0 amide bonds. The van der Waals surface area contributed by atoms with E-state index in [-0.39, 0.29) is 0 Å². The summed E-state index contributed by atoms with van der Waals surface area (Å²) < 4.78 is 5.53. The number of fused-ring (bicyclic) bond motifs is 1. The van der Waals surface area contributed by atoms with Crippen molar-refractivity contribution < 1.29 is 4.74 Å². The molecule has 0 bridgehead atoms. The molecule has 94 valence electrons. The Morgan fingerprint density at radius 3 is 2.53 bits per heavy atom. The number of benzene rings is 1. The van der Waals surface area contributed by atoms with Crippen molar-refractivity contribution in [1.29, 1.82) is 0 Å². The van der Waals surface area contributed by atoms with Crippen LogP contribution in [0.25, 0.3) is 10.9 Å². The second kappa shape index (κ2) is 6.18. The van der Waals surface area contributed by atoms with Crippen molar-refractivity contribution in [2.45, 2.75) is 27.7 Å². The van der Waals surface area contributed by atoms with Crippen LogP contribution in [0.2, 0.25) is 10.0 Å². The minimum atomic E-state index is 0.509. The highest BCUT2D eigenvalue weighted by Gasteiger charge is 2.13. The number of aromatic amines is 1. The van der Waals surface area contributed by atoms with Crippen LogP contribution >= 0.6 is 23.2 Å². The first kappa shape index (κ1) is 14.2. The van der Waals surface area contributed by atoms with E-state index in [9.17, 15) is 0 Å². The Kier molecular flexibility index (Phi) is 5.16. The van der Waals surface area contributed by atoms with E-state index in [4.69, 9.17) is 27.9 Å². The van der Waals surface area contributed by atoms with Gasteiger partial charge in [-0.2, -0.15) is 0 Å². The third-order valence-corrected chi connectivity index (χ3v) is 3.10. The summed E-state index contributed by atoms with van der Waals surface area (Å²) in [4.78, 5) is 3.10. The van der Waals surface area contributed by atoms with E-state index in [1.165, 1.54) is 0 Å². The second-order valence-electron chi connectivity index (χ2n) is 3.33. The summed E-state index contributed by atoms with van der Waals surface area (Å²) >= 11 is 12.1. The Labute approximate surface area is 112 Å². The zero-order chi connectivity index (χ0) is 13.0. The quantitative estimate of drug-likeness (QED) is 0.799. The first-order chi connectivity index (χ1) is 8.15. The van der Waals surface area contributed by atoms with Gasteiger partial charge in [0.2, 0.25) is 0 Å². The minimum absolute atomic E-state index is 0.509. The molecule has 0 aliphatic carbocycles. The summed E-state index contributed by atoms with van der Waals surface area (Å²) in [5, 5.41) is 2.06. The molecule has 0 spiro atoms. The molecule has 0 saturated heterocycles. The highest BCUT2D eigenvalue weighted by atomic mass is 35.5. The summed E-state index contributed by atoms with van der Waals surface area (Å²) in [6.07, 6.45) is 1.90. The van der Waals surface area contributed by atoms with E-state index in [1.54, 1.807) is 6.07 Å². The zero-order valence-electron chi connectivity index (χ0n) is 10.5. The van der Waals surface area contributed by atoms with Gasteiger partial charge in [0.05, 0.1) is 22.2 Å². The van der Waals surface area contributed by atoms with Crippen LogP contribution in [0.1, 0.15) is 26.3 Å². The molecule has 2 aromatic rings. The van der Waals surface area contributed by atoms with E-state index in [0.717, 1.165) is 22.2 Å². The van der Waals surface area contributed by atoms with E-state index < -0.39 is 0 Å². The molecule has 0 fully saturated rings. The summed E-state index contributed by atoms with van der Waals surface area (Å²) in [7, 11) is 0. The molecule has 0 unspecified atom stereocenters. The van der Waals surface area contributed by atoms with Crippen LogP contribution in [0.4, 0.5) is 0 Å². The standard InChI is InChI=1S/C11H11Cl2NO.C2H6/c1-3-15-8-4-7(12)10(13)11-9(8)6(2)5-14-11;1-2/h4-5,14H,3H2,1-2H3;1-2H3. The molecule has 1 N–H and O–H groups in total. The van der Waals surface area contributed by atoms with Crippen molar-refractivity contribution in [2.24, 2.45) is 0 Å². The number of aryl methyl sites for hydroxylation is 1. The third kappa shape index (κ3) is 2.70. The monoisotopic (exact) mass is 273 g/mol. The van der Waals surface area contributed by atoms with Gasteiger partial charge in [-0.3, -0.25) is 0 Å². The van der Waals surface area contributed by atoms with Gasteiger partial charge in [-0.1, -0.05) is 37.0 Å². The maximum absolute atomic E-state index is 6.09. The molecule has 17 heavy (non-hydrogen) atoms. The SMILES string of the molecule is CC.CCOc1cc(Cl)c(Cl)c2[nH]cc(C)c12. The van der Waals surface area contributed by atoms with Gasteiger partial charge in [-0.05, 0) is 19.4 Å². The fourth-order valence-electron chi connectivity index (χ4n) is 1.65. The Morgan fingerprint density at radius 2 is 1.94 bits per heavy atom. The van der Waals surface area contributed by atoms with Gasteiger partial charge in [0.25, 0.3) is 0 Å². The molecular weight excluding hydrogens is 257 g/mol. The van der Waals surface area contributed by atoms with Gasteiger partial charge in [0, 0.05) is 17.6 Å². The molecule has 0 radical (unpaired) electrons. The first-order valence-corrected chi connectivity index (χ1v) is 6.49. The van der Waals surface area contributed by atoms with Crippen molar-refractivity contribution in [1.82, 2.24) is 4.98 Å². The Morgan fingerprint density at radius 1 is 1.29 bits per heavy atom. The lowest BCUT2D eigenvalue weighted by atomic mass is 10.2.